The van der Waals surface area contributed by atoms with E-state index in [0.717, 1.165) is 31.5 Å². The number of hydrogen-bond acceptors (Lipinski definition) is 7. The lowest BCUT2D eigenvalue weighted by Gasteiger charge is -2.21. The largest absolute Gasteiger partial charge is 0.467 e. The molecule has 0 bridgehead atoms. The maximum absolute atomic E-state index is 13.1. The molecule has 0 radical (unpaired) electrons. The Morgan fingerprint density at radius 2 is 1.80 bits per heavy atom. The van der Waals surface area contributed by atoms with Gasteiger partial charge in [0.25, 0.3) is 0 Å². The number of carbonyl (C=O) groups excluding carboxylic acids is 1. The third-order valence-electron chi connectivity index (χ3n) is 5.56. The van der Waals surface area contributed by atoms with Crippen molar-refractivity contribution < 1.29 is 13.9 Å². The van der Waals surface area contributed by atoms with Crippen LogP contribution in [0.5, 0.6) is 6.01 Å². The Labute approximate surface area is 175 Å². The fourth-order valence-electron chi connectivity index (χ4n) is 3.91. The number of ether oxygens (including phenoxy) is 1. The number of halogens is 1. The van der Waals surface area contributed by atoms with Crippen LogP contribution in [0.15, 0.2) is 24.3 Å². The first-order valence-electron chi connectivity index (χ1n) is 10.5. The fraction of sp³-hybridized carbons (Fsp3) is 0.524. The van der Waals surface area contributed by atoms with Crippen LogP contribution in [0.25, 0.3) is 0 Å². The molecule has 0 saturated carbocycles. The van der Waals surface area contributed by atoms with Crippen molar-refractivity contribution in [2.45, 2.75) is 44.7 Å². The second kappa shape index (κ2) is 9.23. The molecule has 2 fully saturated rings. The highest BCUT2D eigenvalue weighted by atomic mass is 19.1. The molecule has 0 spiro atoms. The van der Waals surface area contributed by atoms with Gasteiger partial charge in [-0.3, -0.25) is 4.79 Å². The van der Waals surface area contributed by atoms with Crippen molar-refractivity contribution in [1.82, 2.24) is 19.9 Å². The highest BCUT2D eigenvalue weighted by molar-refractivity contribution is 5.86. The predicted molar refractivity (Wildman–Crippen MR) is 111 cm³/mol. The summed E-state index contributed by atoms with van der Waals surface area (Å²) >= 11 is 0. The number of likely N-dealkylation sites (tertiary alicyclic amines) is 1. The van der Waals surface area contributed by atoms with Crippen LogP contribution in [0, 0.1) is 5.82 Å². The molecule has 1 aromatic carbocycles. The number of anilines is 2. The van der Waals surface area contributed by atoms with Gasteiger partial charge in [-0.05, 0) is 37.0 Å². The molecule has 4 rings (SSSR count). The molecule has 1 N–H and O–H groups in total. The van der Waals surface area contributed by atoms with E-state index >= 15 is 0 Å². The molecule has 9 heteroatoms. The molecule has 8 nitrogen and oxygen atoms in total. The minimum absolute atomic E-state index is 0.0185. The molecular weight excluding hydrogens is 387 g/mol. The van der Waals surface area contributed by atoms with E-state index in [1.807, 2.05) is 0 Å². The number of carbonyl (C=O) groups is 1. The first-order chi connectivity index (χ1) is 14.6. The predicted octanol–water partition coefficient (Wildman–Crippen LogP) is 2.61. The zero-order valence-corrected chi connectivity index (χ0v) is 17.2. The van der Waals surface area contributed by atoms with Gasteiger partial charge in [-0.2, -0.15) is 15.0 Å². The lowest BCUT2D eigenvalue weighted by atomic mass is 10.2. The first kappa shape index (κ1) is 20.3. The Balaban J connectivity index is 1.44. The molecule has 1 aromatic heterocycles. The Morgan fingerprint density at radius 3 is 2.50 bits per heavy atom. The number of benzene rings is 1. The Kier molecular flexibility index (Phi) is 6.25. The second-order valence-corrected chi connectivity index (χ2v) is 7.72. The van der Waals surface area contributed by atoms with E-state index in [9.17, 15) is 9.18 Å². The van der Waals surface area contributed by atoms with Crippen LogP contribution in [0.4, 0.5) is 16.3 Å². The summed E-state index contributed by atoms with van der Waals surface area (Å²) in [5.41, 5.74) is 0.899. The first-order valence-corrected chi connectivity index (χ1v) is 10.5. The summed E-state index contributed by atoms with van der Waals surface area (Å²) in [6.45, 7) is 2.88. The van der Waals surface area contributed by atoms with Gasteiger partial charge in [-0.1, -0.05) is 25.0 Å². The maximum Gasteiger partial charge on any atom is 0.322 e. The molecule has 2 saturated heterocycles. The van der Waals surface area contributed by atoms with E-state index < -0.39 is 6.04 Å². The van der Waals surface area contributed by atoms with E-state index in [1.54, 1.807) is 17.0 Å². The number of rotatable bonds is 6. The van der Waals surface area contributed by atoms with Gasteiger partial charge in [-0.25, -0.2) is 4.39 Å². The normalized spacial score (nSPS) is 19.7. The van der Waals surface area contributed by atoms with Crippen LogP contribution < -0.4 is 15.0 Å². The molecule has 0 aliphatic carbocycles. The molecule has 160 valence electrons. The summed E-state index contributed by atoms with van der Waals surface area (Å²) in [6.07, 6.45) is 5.29. The number of nitrogens with one attached hydrogen (secondary N) is 1. The molecule has 30 heavy (non-hydrogen) atoms. The minimum atomic E-state index is -0.408. The summed E-state index contributed by atoms with van der Waals surface area (Å²) in [7, 11) is 1.52. The van der Waals surface area contributed by atoms with Crippen LogP contribution in [0.1, 0.15) is 37.7 Å². The van der Waals surface area contributed by atoms with Gasteiger partial charge in [-0.15, -0.1) is 0 Å². The summed E-state index contributed by atoms with van der Waals surface area (Å²) in [6, 6.07) is 6.05. The van der Waals surface area contributed by atoms with Crippen LogP contribution in [0.2, 0.25) is 0 Å². The average Bonchev–Trinajstić information content (AvgIpc) is 2.96. The number of methoxy groups -OCH3 is 1. The van der Waals surface area contributed by atoms with Gasteiger partial charge in [0.05, 0.1) is 7.11 Å². The van der Waals surface area contributed by atoms with Crippen molar-refractivity contribution in [3.63, 3.8) is 0 Å². The second-order valence-electron chi connectivity index (χ2n) is 7.72. The highest BCUT2D eigenvalue weighted by Crippen LogP contribution is 2.22. The number of nitrogens with zero attached hydrogens (tertiary/aromatic N) is 5. The molecule has 1 atom stereocenters. The lowest BCUT2D eigenvalue weighted by Crippen LogP contribution is -2.34. The SMILES string of the molecule is COc1nc(NC2CCN(Cc3ccc(F)cc3)C2=O)nc(N2CCCCCC2)n1. The summed E-state index contributed by atoms with van der Waals surface area (Å²) in [5, 5.41) is 3.17. The molecule has 2 aliphatic heterocycles. The van der Waals surface area contributed by atoms with E-state index in [0.29, 0.717) is 31.4 Å². The van der Waals surface area contributed by atoms with Crippen molar-refractivity contribution in [2.75, 3.05) is 37.0 Å². The molecule has 2 aliphatic rings. The Bertz CT molecular complexity index is 870. The number of hydrogen-bond donors (Lipinski definition) is 1. The Morgan fingerprint density at radius 1 is 1.07 bits per heavy atom. The van der Waals surface area contributed by atoms with Crippen molar-refractivity contribution in [1.29, 1.82) is 0 Å². The Hall–Kier alpha value is -2.97. The summed E-state index contributed by atoms with van der Waals surface area (Å²) in [5.74, 6) is 0.632. The highest BCUT2D eigenvalue weighted by Gasteiger charge is 2.32. The monoisotopic (exact) mass is 414 g/mol. The summed E-state index contributed by atoms with van der Waals surface area (Å²) in [4.78, 5) is 30.0. The lowest BCUT2D eigenvalue weighted by molar-refractivity contribution is -0.128. The molecule has 1 amide bonds. The van der Waals surface area contributed by atoms with E-state index in [-0.39, 0.29) is 17.7 Å². The van der Waals surface area contributed by atoms with Crippen molar-refractivity contribution in [3.05, 3.63) is 35.6 Å². The van der Waals surface area contributed by atoms with E-state index in [1.165, 1.54) is 32.1 Å². The van der Waals surface area contributed by atoms with Gasteiger partial charge in [0.2, 0.25) is 17.8 Å². The third kappa shape index (κ3) is 4.77. The molecule has 2 aromatic rings. The molecule has 1 unspecified atom stereocenters. The molecular formula is C21H27FN6O2. The number of amides is 1. The summed E-state index contributed by atoms with van der Waals surface area (Å²) < 4.78 is 18.4. The standard InChI is InChI=1S/C21H27FN6O2/c1-30-21-25-19(24-20(26-21)27-11-4-2-3-5-12-27)23-17-10-13-28(18(17)29)14-15-6-8-16(22)9-7-15/h6-9,17H,2-5,10-14H2,1H3,(H,23,24,25,26). The van der Waals surface area contributed by atoms with Crippen molar-refractivity contribution in [2.24, 2.45) is 0 Å². The fourth-order valence-corrected chi connectivity index (χ4v) is 3.91. The zero-order chi connectivity index (χ0) is 20.9. The maximum atomic E-state index is 13.1. The van der Waals surface area contributed by atoms with Crippen LogP contribution in [-0.2, 0) is 11.3 Å². The zero-order valence-electron chi connectivity index (χ0n) is 17.2. The third-order valence-corrected chi connectivity index (χ3v) is 5.56. The van der Waals surface area contributed by atoms with Crippen molar-refractivity contribution in [3.8, 4) is 6.01 Å². The van der Waals surface area contributed by atoms with Crippen molar-refractivity contribution >= 4 is 17.8 Å². The van der Waals surface area contributed by atoms with Gasteiger partial charge in [0.1, 0.15) is 11.9 Å². The quantitative estimate of drug-likeness (QED) is 0.778. The minimum Gasteiger partial charge on any atom is -0.467 e. The van der Waals surface area contributed by atoms with Gasteiger partial charge in [0, 0.05) is 26.2 Å². The average molecular weight is 414 g/mol. The molecule has 3 heterocycles. The number of aromatic nitrogens is 3. The van der Waals surface area contributed by atoms with E-state index in [2.05, 4.69) is 25.2 Å². The van der Waals surface area contributed by atoms with Gasteiger partial charge >= 0.3 is 6.01 Å². The van der Waals surface area contributed by atoms with Gasteiger partial charge in [0.15, 0.2) is 0 Å². The topological polar surface area (TPSA) is 83.5 Å². The smallest absolute Gasteiger partial charge is 0.322 e. The van der Waals surface area contributed by atoms with Crippen LogP contribution >= 0.6 is 0 Å². The van der Waals surface area contributed by atoms with Crippen LogP contribution in [-0.4, -0.2) is 58.5 Å². The van der Waals surface area contributed by atoms with Crippen LogP contribution in [0.3, 0.4) is 0 Å². The van der Waals surface area contributed by atoms with E-state index in [4.69, 9.17) is 4.74 Å². The van der Waals surface area contributed by atoms with Gasteiger partial charge < -0.3 is 19.9 Å².